The van der Waals surface area contributed by atoms with Gasteiger partial charge >= 0.3 is 0 Å². The zero-order valence-corrected chi connectivity index (χ0v) is 20.2. The molecule has 0 unspecified atom stereocenters. The Kier molecular flexibility index (Phi) is 10.2. The largest absolute Gasteiger partial charge is 0.504 e. The lowest BCUT2D eigenvalue weighted by Gasteiger charge is -2.40. The van der Waals surface area contributed by atoms with E-state index >= 15 is 0 Å². The number of phenols is 2. The SMILES string of the molecule is CCCCCc1c(O[C@@H]2O[C@H](CO)[C@@H](O)[C@H](O)[C@H]2O)c(O)cc(O)c1O[C@@H]1O[C@H](CO)[C@@H](O)[C@H](O)[C@H]1O. The molecule has 1 aromatic rings. The lowest BCUT2D eigenvalue weighted by atomic mass is 9.98. The molecule has 2 aliphatic rings. The molecule has 14 heteroatoms. The van der Waals surface area contributed by atoms with E-state index in [9.17, 15) is 51.1 Å². The standard InChI is InChI=1S/C23H36O14/c1-2-3-4-5-9-20(36-22-18(32)16(30)14(28)12(7-24)34-22)10(26)6-11(27)21(9)37-23-19(33)17(31)15(29)13(8-25)35-23/h6,12-19,22-33H,2-5,7-8H2,1H3/t12-,13-,14-,15-,16+,17+,18-,19-,22+,23+/m1/s1. The maximum atomic E-state index is 10.6. The quantitative estimate of drug-likeness (QED) is 0.136. The van der Waals surface area contributed by atoms with Crippen LogP contribution in [0, 0.1) is 0 Å². The van der Waals surface area contributed by atoms with Crippen molar-refractivity contribution in [3.05, 3.63) is 11.6 Å². The Bertz CT molecular complexity index is 817. The highest BCUT2D eigenvalue weighted by Gasteiger charge is 2.47. The van der Waals surface area contributed by atoms with E-state index in [1.165, 1.54) is 0 Å². The van der Waals surface area contributed by atoms with E-state index in [1.54, 1.807) is 0 Å². The zero-order valence-electron chi connectivity index (χ0n) is 20.2. The lowest BCUT2D eigenvalue weighted by Crippen LogP contribution is -2.60. The summed E-state index contributed by atoms with van der Waals surface area (Å²) < 4.78 is 22.1. The number of aliphatic hydroxyl groups excluding tert-OH is 8. The summed E-state index contributed by atoms with van der Waals surface area (Å²) in [7, 11) is 0. The molecule has 0 aliphatic carbocycles. The summed E-state index contributed by atoms with van der Waals surface area (Å²) >= 11 is 0. The molecule has 2 saturated heterocycles. The summed E-state index contributed by atoms with van der Waals surface area (Å²) in [5.74, 6) is -1.83. The third kappa shape index (κ3) is 6.20. The number of phenolic OH excluding ortho intramolecular Hbond substituents is 2. The number of rotatable bonds is 10. The number of hydrogen-bond acceptors (Lipinski definition) is 14. The molecule has 3 rings (SSSR count). The Morgan fingerprint density at radius 2 is 1.11 bits per heavy atom. The molecule has 0 aromatic heterocycles. The van der Waals surface area contributed by atoms with Gasteiger partial charge in [-0.15, -0.1) is 0 Å². The average molecular weight is 537 g/mol. The first-order valence-electron chi connectivity index (χ1n) is 12.1. The first-order chi connectivity index (χ1) is 17.5. The van der Waals surface area contributed by atoms with Gasteiger partial charge in [-0.05, 0) is 12.8 Å². The van der Waals surface area contributed by atoms with Gasteiger partial charge in [-0.25, -0.2) is 0 Å². The van der Waals surface area contributed by atoms with Crippen LogP contribution in [0.3, 0.4) is 0 Å². The maximum Gasteiger partial charge on any atom is 0.229 e. The topological polar surface area (TPSA) is 239 Å². The highest BCUT2D eigenvalue weighted by atomic mass is 16.7. The molecule has 2 heterocycles. The van der Waals surface area contributed by atoms with Crippen LogP contribution in [0.4, 0.5) is 0 Å². The molecule has 14 nitrogen and oxygen atoms in total. The molecule has 10 N–H and O–H groups in total. The normalized spacial score (nSPS) is 36.4. The van der Waals surface area contributed by atoms with Crippen molar-refractivity contribution >= 4 is 0 Å². The first kappa shape index (κ1) is 29.6. The fraction of sp³-hybridized carbons (Fsp3) is 0.739. The van der Waals surface area contributed by atoms with Gasteiger partial charge < -0.3 is 70.0 Å². The Morgan fingerprint density at radius 1 is 0.676 bits per heavy atom. The Hall–Kier alpha value is -1.98. The predicted molar refractivity (Wildman–Crippen MR) is 122 cm³/mol. The number of aromatic hydroxyl groups is 2. The van der Waals surface area contributed by atoms with Crippen LogP contribution in [-0.4, -0.2) is 126 Å². The number of benzene rings is 1. The van der Waals surface area contributed by atoms with Crippen LogP contribution >= 0.6 is 0 Å². The molecule has 0 amide bonds. The van der Waals surface area contributed by atoms with E-state index in [0.717, 1.165) is 18.9 Å². The van der Waals surface area contributed by atoms with E-state index in [-0.39, 0.29) is 23.5 Å². The van der Waals surface area contributed by atoms with Gasteiger partial charge in [-0.2, -0.15) is 0 Å². The minimum absolute atomic E-state index is 0.0554. The Labute approximate surface area is 212 Å². The van der Waals surface area contributed by atoms with Crippen molar-refractivity contribution in [1.29, 1.82) is 0 Å². The molecule has 2 fully saturated rings. The molecule has 212 valence electrons. The van der Waals surface area contributed by atoms with Crippen LogP contribution in [0.2, 0.25) is 0 Å². The second kappa shape index (κ2) is 12.7. The van der Waals surface area contributed by atoms with Crippen molar-refractivity contribution in [2.24, 2.45) is 0 Å². The first-order valence-corrected chi connectivity index (χ1v) is 12.1. The summed E-state index contributed by atoms with van der Waals surface area (Å²) in [6.45, 7) is 0.527. The summed E-state index contributed by atoms with van der Waals surface area (Å²) in [5.41, 5.74) is 0.0554. The molecule has 2 aliphatic heterocycles. The third-order valence-electron chi connectivity index (χ3n) is 6.48. The van der Waals surface area contributed by atoms with Crippen molar-refractivity contribution in [3.63, 3.8) is 0 Å². The second-order valence-corrected chi connectivity index (χ2v) is 9.14. The van der Waals surface area contributed by atoms with Gasteiger partial charge in [0.2, 0.25) is 12.6 Å². The van der Waals surface area contributed by atoms with Crippen LogP contribution in [0.15, 0.2) is 6.07 Å². The van der Waals surface area contributed by atoms with E-state index < -0.39 is 86.1 Å². The van der Waals surface area contributed by atoms with Crippen LogP contribution in [-0.2, 0) is 15.9 Å². The number of aliphatic hydroxyl groups is 8. The van der Waals surface area contributed by atoms with Crippen molar-refractivity contribution < 1.29 is 70.0 Å². The van der Waals surface area contributed by atoms with Gasteiger partial charge in [0.25, 0.3) is 0 Å². The summed E-state index contributed by atoms with van der Waals surface area (Å²) in [5, 5.41) is 101. The fourth-order valence-corrected chi connectivity index (χ4v) is 4.28. The monoisotopic (exact) mass is 536 g/mol. The highest BCUT2D eigenvalue weighted by Crippen LogP contribution is 2.46. The van der Waals surface area contributed by atoms with Crippen molar-refractivity contribution in [1.82, 2.24) is 0 Å². The van der Waals surface area contributed by atoms with Gasteiger partial charge in [0, 0.05) is 11.6 Å². The van der Waals surface area contributed by atoms with E-state index in [2.05, 4.69) is 0 Å². The smallest absolute Gasteiger partial charge is 0.229 e. The molecule has 0 radical (unpaired) electrons. The van der Waals surface area contributed by atoms with Crippen LogP contribution < -0.4 is 9.47 Å². The molecule has 0 saturated carbocycles. The molecule has 0 bridgehead atoms. The van der Waals surface area contributed by atoms with Gasteiger partial charge in [0.15, 0.2) is 23.0 Å². The fourth-order valence-electron chi connectivity index (χ4n) is 4.28. The summed E-state index contributed by atoms with van der Waals surface area (Å²) in [6.07, 6.45) is -14.1. The van der Waals surface area contributed by atoms with Crippen LogP contribution in [0.1, 0.15) is 31.7 Å². The minimum Gasteiger partial charge on any atom is -0.504 e. The summed E-state index contributed by atoms with van der Waals surface area (Å²) in [4.78, 5) is 0. The van der Waals surface area contributed by atoms with Crippen molar-refractivity contribution in [2.45, 2.75) is 94.0 Å². The van der Waals surface area contributed by atoms with Crippen molar-refractivity contribution in [3.8, 4) is 23.0 Å². The lowest BCUT2D eigenvalue weighted by molar-refractivity contribution is -0.279. The Morgan fingerprint density at radius 3 is 1.49 bits per heavy atom. The average Bonchev–Trinajstić information content (AvgIpc) is 2.88. The minimum atomic E-state index is -1.79. The van der Waals surface area contributed by atoms with Gasteiger partial charge in [0.1, 0.15) is 48.8 Å². The number of hydrogen-bond donors (Lipinski definition) is 10. The molecule has 1 aromatic carbocycles. The van der Waals surface area contributed by atoms with E-state index in [0.29, 0.717) is 6.42 Å². The maximum absolute atomic E-state index is 10.6. The highest BCUT2D eigenvalue weighted by molar-refractivity contribution is 5.60. The molecule has 37 heavy (non-hydrogen) atoms. The number of unbranched alkanes of at least 4 members (excludes halogenated alkanes) is 2. The third-order valence-corrected chi connectivity index (χ3v) is 6.48. The van der Waals surface area contributed by atoms with Gasteiger partial charge in [-0.3, -0.25) is 0 Å². The zero-order chi connectivity index (χ0) is 27.4. The summed E-state index contributed by atoms with van der Waals surface area (Å²) in [6, 6.07) is 0.849. The van der Waals surface area contributed by atoms with Crippen molar-refractivity contribution in [2.75, 3.05) is 13.2 Å². The van der Waals surface area contributed by atoms with E-state index in [1.807, 2.05) is 6.92 Å². The number of ether oxygens (including phenoxy) is 4. The van der Waals surface area contributed by atoms with Crippen LogP contribution in [0.5, 0.6) is 23.0 Å². The molecular formula is C23H36O14. The molecular weight excluding hydrogens is 500 g/mol. The second-order valence-electron chi connectivity index (χ2n) is 9.14. The van der Waals surface area contributed by atoms with E-state index in [4.69, 9.17) is 18.9 Å². The predicted octanol–water partition coefficient (Wildman–Crippen LogP) is -2.81. The Balaban J connectivity index is 1.98. The van der Waals surface area contributed by atoms with Crippen LogP contribution in [0.25, 0.3) is 0 Å². The molecule has 10 atom stereocenters. The van der Waals surface area contributed by atoms with Gasteiger partial charge in [-0.1, -0.05) is 19.8 Å². The molecule has 0 spiro atoms. The van der Waals surface area contributed by atoms with Gasteiger partial charge in [0.05, 0.1) is 13.2 Å².